The van der Waals surface area contributed by atoms with Gasteiger partial charge >= 0.3 is 0 Å². The van der Waals surface area contributed by atoms with E-state index in [2.05, 4.69) is 27.6 Å². The molecular weight excluding hydrogens is 496 g/mol. The van der Waals surface area contributed by atoms with E-state index in [0.717, 1.165) is 5.69 Å². The quantitative estimate of drug-likeness (QED) is 0.272. The Hall–Kier alpha value is -2.84. The Morgan fingerprint density at radius 3 is 2.53 bits per heavy atom. The molecule has 0 bridgehead atoms. The molecule has 1 fully saturated rings. The van der Waals surface area contributed by atoms with Crippen molar-refractivity contribution in [1.82, 2.24) is 20.1 Å². The number of hydrogen-bond acceptors (Lipinski definition) is 6. The van der Waals surface area contributed by atoms with Crippen LogP contribution in [0.25, 0.3) is 5.69 Å². The molecule has 4 rings (SSSR count). The Balaban J connectivity index is 1.49. The summed E-state index contributed by atoms with van der Waals surface area (Å²) >= 11 is 7.71. The summed E-state index contributed by atoms with van der Waals surface area (Å²) in [4.78, 5) is 24.3. The van der Waals surface area contributed by atoms with Crippen LogP contribution in [0.15, 0.2) is 47.6 Å². The van der Waals surface area contributed by atoms with Crippen molar-refractivity contribution in [2.75, 3.05) is 19.4 Å². The van der Waals surface area contributed by atoms with Crippen LogP contribution in [-0.2, 0) is 11.2 Å². The summed E-state index contributed by atoms with van der Waals surface area (Å²) in [5, 5.41) is 12.5. The predicted molar refractivity (Wildman–Crippen MR) is 143 cm³/mol. The number of amides is 1. The summed E-state index contributed by atoms with van der Waals surface area (Å²) < 4.78 is 7.15. The van der Waals surface area contributed by atoms with Crippen molar-refractivity contribution in [2.45, 2.75) is 56.5 Å². The first-order valence-corrected chi connectivity index (χ1v) is 13.6. The number of methoxy groups -OCH3 is 1. The van der Waals surface area contributed by atoms with Gasteiger partial charge in [0.1, 0.15) is 11.6 Å². The summed E-state index contributed by atoms with van der Waals surface area (Å²) in [6.45, 7) is 1.90. The number of benzene rings is 2. The third-order valence-electron chi connectivity index (χ3n) is 6.46. The Bertz CT molecular complexity index is 1210. The molecule has 1 amide bonds. The Morgan fingerprint density at radius 1 is 1.11 bits per heavy atom. The van der Waals surface area contributed by atoms with E-state index in [1.807, 2.05) is 22.8 Å². The molecule has 1 aromatic heterocycles. The lowest BCUT2D eigenvalue weighted by Gasteiger charge is -2.22. The molecule has 1 heterocycles. The Morgan fingerprint density at radius 2 is 1.86 bits per heavy atom. The van der Waals surface area contributed by atoms with Gasteiger partial charge in [0.25, 0.3) is 0 Å². The number of Topliss-reactive ketones (excluding diaryl/α,β-unsaturated/α-hetero) is 1. The fraction of sp³-hybridized carbons (Fsp3) is 0.407. The maximum atomic E-state index is 13.0. The zero-order valence-corrected chi connectivity index (χ0v) is 22.2. The molecule has 1 saturated carbocycles. The molecule has 7 nitrogen and oxygen atoms in total. The number of ketones is 1. The second-order valence-electron chi connectivity index (χ2n) is 8.95. The molecule has 0 atom stereocenters. The summed E-state index contributed by atoms with van der Waals surface area (Å²) in [7, 11) is 1.56. The van der Waals surface area contributed by atoms with Crippen LogP contribution in [0.5, 0.6) is 5.75 Å². The van der Waals surface area contributed by atoms with Gasteiger partial charge in [0.05, 0.1) is 23.6 Å². The van der Waals surface area contributed by atoms with Gasteiger partial charge in [0, 0.05) is 25.5 Å². The molecule has 190 valence electrons. The van der Waals surface area contributed by atoms with E-state index in [4.69, 9.17) is 16.3 Å². The molecule has 0 saturated heterocycles. The molecule has 1 aliphatic carbocycles. The average molecular weight is 527 g/mol. The van der Waals surface area contributed by atoms with E-state index in [-0.39, 0.29) is 17.4 Å². The van der Waals surface area contributed by atoms with Gasteiger partial charge in [0.2, 0.25) is 5.91 Å². The van der Waals surface area contributed by atoms with Crippen molar-refractivity contribution in [1.29, 1.82) is 0 Å². The Kier molecular flexibility index (Phi) is 9.04. The van der Waals surface area contributed by atoms with Crippen molar-refractivity contribution >= 4 is 35.1 Å². The number of aromatic nitrogens is 3. The van der Waals surface area contributed by atoms with Crippen LogP contribution in [0.2, 0.25) is 5.02 Å². The van der Waals surface area contributed by atoms with E-state index >= 15 is 0 Å². The Labute approximate surface area is 221 Å². The maximum absolute atomic E-state index is 13.0. The molecule has 3 aromatic rings. The molecule has 0 unspecified atom stereocenters. The van der Waals surface area contributed by atoms with Gasteiger partial charge in [-0.3, -0.25) is 14.2 Å². The predicted octanol–water partition coefficient (Wildman–Crippen LogP) is 5.63. The van der Waals surface area contributed by atoms with Crippen molar-refractivity contribution in [2.24, 2.45) is 0 Å². The number of hydrogen-bond donors (Lipinski definition) is 1. The first-order chi connectivity index (χ1) is 17.5. The molecular formula is C27H31ClN4O3S. The fourth-order valence-electron chi connectivity index (χ4n) is 4.55. The largest absolute Gasteiger partial charge is 0.495 e. The van der Waals surface area contributed by atoms with E-state index in [1.54, 1.807) is 19.2 Å². The number of halogens is 1. The topological polar surface area (TPSA) is 86.1 Å². The second kappa shape index (κ2) is 12.4. The second-order valence-corrected chi connectivity index (χ2v) is 10.3. The number of carbonyl (C=O) groups is 2. The average Bonchev–Trinajstić information content (AvgIpc) is 3.30. The molecule has 1 N–H and O–H groups in total. The molecule has 0 spiro atoms. The monoisotopic (exact) mass is 526 g/mol. The van der Waals surface area contributed by atoms with Crippen molar-refractivity contribution in [3.63, 3.8) is 0 Å². The van der Waals surface area contributed by atoms with Crippen LogP contribution in [0.1, 0.15) is 66.7 Å². The van der Waals surface area contributed by atoms with Crippen LogP contribution in [-0.4, -0.2) is 45.9 Å². The number of nitrogens with zero attached hydrogens (tertiary/aromatic N) is 3. The number of ether oxygens (including phenoxy) is 1. The zero-order valence-electron chi connectivity index (χ0n) is 20.6. The minimum Gasteiger partial charge on any atom is -0.495 e. The van der Waals surface area contributed by atoms with Gasteiger partial charge in [-0.1, -0.05) is 66.9 Å². The lowest BCUT2D eigenvalue weighted by Crippen LogP contribution is -2.23. The van der Waals surface area contributed by atoms with Crippen LogP contribution < -0.4 is 10.1 Å². The van der Waals surface area contributed by atoms with Crippen LogP contribution >= 0.6 is 23.4 Å². The van der Waals surface area contributed by atoms with E-state index < -0.39 is 0 Å². The first-order valence-electron chi connectivity index (χ1n) is 12.2. The third kappa shape index (κ3) is 6.48. The lowest BCUT2D eigenvalue weighted by atomic mass is 9.84. The highest BCUT2D eigenvalue weighted by molar-refractivity contribution is 7.99. The van der Waals surface area contributed by atoms with Crippen molar-refractivity contribution in [3.8, 4) is 11.4 Å². The minimum absolute atomic E-state index is 0.0392. The molecule has 36 heavy (non-hydrogen) atoms. The van der Waals surface area contributed by atoms with Crippen molar-refractivity contribution in [3.05, 3.63) is 64.4 Å². The van der Waals surface area contributed by atoms with Gasteiger partial charge in [-0.15, -0.1) is 10.2 Å². The van der Waals surface area contributed by atoms with Gasteiger partial charge in [-0.25, -0.2) is 0 Å². The summed E-state index contributed by atoms with van der Waals surface area (Å²) in [5.74, 6) is 2.01. The summed E-state index contributed by atoms with van der Waals surface area (Å²) in [5.41, 5.74) is 2.79. The highest BCUT2D eigenvalue weighted by atomic mass is 35.5. The van der Waals surface area contributed by atoms with Gasteiger partial charge < -0.3 is 10.1 Å². The van der Waals surface area contributed by atoms with Crippen LogP contribution in [0, 0.1) is 0 Å². The lowest BCUT2D eigenvalue weighted by molar-refractivity contribution is -0.118. The molecule has 1 aliphatic rings. The SMILES string of the molecule is COc1ccc(-n2c(CCNC(C)=O)nnc2SCC(=O)c2ccc(C3CCCCC3)cc2)cc1Cl. The molecule has 9 heteroatoms. The number of thioether (sulfide) groups is 1. The zero-order chi connectivity index (χ0) is 25.5. The number of rotatable bonds is 10. The smallest absolute Gasteiger partial charge is 0.216 e. The summed E-state index contributed by atoms with van der Waals surface area (Å²) in [6.07, 6.45) is 6.85. The highest BCUT2D eigenvalue weighted by Crippen LogP contribution is 2.33. The standard InChI is InChI=1S/C27H31ClN4O3S/c1-18(33)29-15-14-26-30-31-27(32(26)22-12-13-25(35-2)23(28)16-22)36-17-24(34)21-10-8-20(9-11-21)19-6-4-3-5-7-19/h8-13,16,19H,3-7,14-15,17H2,1-2H3,(H,29,33). The molecule has 2 aromatic carbocycles. The summed E-state index contributed by atoms with van der Waals surface area (Å²) in [6, 6.07) is 13.5. The van der Waals surface area contributed by atoms with Crippen molar-refractivity contribution < 1.29 is 14.3 Å². The van der Waals surface area contributed by atoms with Gasteiger partial charge in [-0.05, 0) is 42.5 Å². The number of nitrogens with one attached hydrogen (secondary N) is 1. The normalized spacial score (nSPS) is 14.0. The van der Waals surface area contributed by atoms with Crippen LogP contribution in [0.3, 0.4) is 0 Å². The maximum Gasteiger partial charge on any atom is 0.216 e. The van der Waals surface area contributed by atoms with Crippen LogP contribution in [0.4, 0.5) is 0 Å². The van der Waals surface area contributed by atoms with Gasteiger partial charge in [0.15, 0.2) is 10.9 Å². The highest BCUT2D eigenvalue weighted by Gasteiger charge is 2.19. The van der Waals surface area contributed by atoms with E-state index in [1.165, 1.54) is 56.4 Å². The van der Waals surface area contributed by atoms with E-state index in [9.17, 15) is 9.59 Å². The third-order valence-corrected chi connectivity index (χ3v) is 7.68. The minimum atomic E-state index is -0.108. The first kappa shape index (κ1) is 26.2. The van der Waals surface area contributed by atoms with Gasteiger partial charge in [-0.2, -0.15) is 0 Å². The number of carbonyl (C=O) groups excluding carboxylic acids is 2. The molecule has 0 aliphatic heterocycles. The molecule has 0 radical (unpaired) electrons. The fourth-order valence-corrected chi connectivity index (χ4v) is 5.67. The van der Waals surface area contributed by atoms with E-state index in [0.29, 0.717) is 46.2 Å².